The Morgan fingerprint density at radius 1 is 1.31 bits per heavy atom. The molecule has 0 saturated heterocycles. The van der Waals surface area contributed by atoms with Gasteiger partial charge in [-0.25, -0.2) is 0 Å². The maximum atomic E-state index is 8.31. The fourth-order valence-electron chi connectivity index (χ4n) is 1.08. The Hall–Kier alpha value is -0.810. The van der Waals surface area contributed by atoms with Crippen LogP contribution < -0.4 is 5.73 Å². The van der Waals surface area contributed by atoms with Crippen molar-refractivity contribution in [2.75, 3.05) is 20.3 Å². The zero-order chi connectivity index (χ0) is 12.4. The van der Waals surface area contributed by atoms with Gasteiger partial charge < -0.3 is 20.4 Å². The number of oxime groups is 1. The lowest BCUT2D eigenvalue weighted by molar-refractivity contribution is -0.0101. The third-order valence-corrected chi connectivity index (χ3v) is 2.50. The Labute approximate surface area is 97.6 Å². The van der Waals surface area contributed by atoms with Crippen molar-refractivity contribution < 1.29 is 14.7 Å². The van der Waals surface area contributed by atoms with Gasteiger partial charge in [0.25, 0.3) is 0 Å². The molecule has 0 unspecified atom stereocenters. The lowest BCUT2D eigenvalue weighted by atomic mass is 10.1. The van der Waals surface area contributed by atoms with Crippen molar-refractivity contribution in [1.29, 1.82) is 0 Å². The van der Waals surface area contributed by atoms with Crippen LogP contribution in [0.4, 0.5) is 0 Å². The Bertz CT molecular complexity index is 205. The van der Waals surface area contributed by atoms with E-state index in [0.717, 1.165) is 19.3 Å². The summed E-state index contributed by atoms with van der Waals surface area (Å²) in [4.78, 5) is 0. The summed E-state index contributed by atoms with van der Waals surface area (Å²) in [6, 6.07) is 0. The highest BCUT2D eigenvalue weighted by atomic mass is 16.5. The van der Waals surface area contributed by atoms with E-state index >= 15 is 0 Å². The summed E-state index contributed by atoms with van der Waals surface area (Å²) >= 11 is 0. The summed E-state index contributed by atoms with van der Waals surface area (Å²) in [7, 11) is 1.71. The molecule has 0 saturated carbocycles. The van der Waals surface area contributed by atoms with Crippen molar-refractivity contribution in [2.24, 2.45) is 10.9 Å². The van der Waals surface area contributed by atoms with Crippen molar-refractivity contribution >= 4 is 5.84 Å². The molecule has 0 aromatic heterocycles. The SMILES string of the molecule is COC(C)(C)CCOCCCCC(N)=NO. The molecule has 0 aliphatic carbocycles. The van der Waals surface area contributed by atoms with Crippen LogP contribution in [0.15, 0.2) is 5.16 Å². The van der Waals surface area contributed by atoms with E-state index in [-0.39, 0.29) is 11.4 Å². The highest BCUT2D eigenvalue weighted by Crippen LogP contribution is 2.12. The average Bonchev–Trinajstić information content (AvgIpc) is 2.27. The summed E-state index contributed by atoms with van der Waals surface area (Å²) < 4.78 is 10.7. The van der Waals surface area contributed by atoms with Gasteiger partial charge in [-0.05, 0) is 33.1 Å². The summed E-state index contributed by atoms with van der Waals surface area (Å²) in [5, 5.41) is 11.2. The molecule has 0 amide bonds. The van der Waals surface area contributed by atoms with Gasteiger partial charge in [-0.1, -0.05) is 5.16 Å². The number of rotatable bonds is 9. The minimum absolute atomic E-state index is 0.117. The topological polar surface area (TPSA) is 77.1 Å². The monoisotopic (exact) mass is 232 g/mol. The summed E-state index contributed by atoms with van der Waals surface area (Å²) in [5.74, 6) is 0.278. The van der Waals surface area contributed by atoms with Crippen LogP contribution in [0.2, 0.25) is 0 Å². The number of nitrogens with two attached hydrogens (primary N) is 1. The molecule has 0 aliphatic heterocycles. The van der Waals surface area contributed by atoms with E-state index in [2.05, 4.69) is 5.16 Å². The molecule has 3 N–H and O–H groups in total. The molecule has 5 nitrogen and oxygen atoms in total. The van der Waals surface area contributed by atoms with Gasteiger partial charge in [0.1, 0.15) is 5.84 Å². The van der Waals surface area contributed by atoms with Gasteiger partial charge in [-0.3, -0.25) is 0 Å². The molecule has 0 bridgehead atoms. The number of hydrogen-bond donors (Lipinski definition) is 2. The fraction of sp³-hybridized carbons (Fsp3) is 0.909. The standard InChI is InChI=1S/C11H24N2O3/c1-11(2,15-3)7-9-16-8-5-4-6-10(12)13-14/h14H,4-9H2,1-3H3,(H2,12,13). The zero-order valence-electron chi connectivity index (χ0n) is 10.5. The first-order chi connectivity index (χ1) is 7.52. The third kappa shape index (κ3) is 8.49. The van der Waals surface area contributed by atoms with E-state index in [0.29, 0.717) is 19.6 Å². The second-order valence-electron chi connectivity index (χ2n) is 4.37. The second kappa shape index (κ2) is 8.35. The van der Waals surface area contributed by atoms with Gasteiger partial charge in [0.2, 0.25) is 0 Å². The molecule has 16 heavy (non-hydrogen) atoms. The molecule has 0 radical (unpaired) electrons. The minimum Gasteiger partial charge on any atom is -0.409 e. The number of unbranched alkanes of at least 4 members (excludes halogenated alkanes) is 1. The molecule has 0 spiro atoms. The second-order valence-corrected chi connectivity index (χ2v) is 4.37. The van der Waals surface area contributed by atoms with E-state index in [1.54, 1.807) is 7.11 Å². The molecule has 0 heterocycles. The first-order valence-corrected chi connectivity index (χ1v) is 5.61. The molecule has 0 aromatic carbocycles. The highest BCUT2D eigenvalue weighted by molar-refractivity contribution is 5.79. The number of ether oxygens (including phenoxy) is 2. The van der Waals surface area contributed by atoms with Gasteiger partial charge in [0.15, 0.2) is 0 Å². The van der Waals surface area contributed by atoms with E-state index in [1.165, 1.54) is 0 Å². The third-order valence-electron chi connectivity index (χ3n) is 2.50. The van der Waals surface area contributed by atoms with Gasteiger partial charge in [-0.15, -0.1) is 0 Å². The summed E-state index contributed by atoms with van der Waals surface area (Å²) in [6.07, 6.45) is 3.29. The Morgan fingerprint density at radius 2 is 2.00 bits per heavy atom. The number of amidine groups is 1. The van der Waals surface area contributed by atoms with E-state index < -0.39 is 0 Å². The lowest BCUT2D eigenvalue weighted by Gasteiger charge is -2.22. The van der Waals surface area contributed by atoms with Gasteiger partial charge >= 0.3 is 0 Å². The number of methoxy groups -OCH3 is 1. The molecule has 0 aromatic rings. The number of hydrogen-bond acceptors (Lipinski definition) is 4. The van der Waals surface area contributed by atoms with Crippen LogP contribution in [-0.2, 0) is 9.47 Å². The zero-order valence-corrected chi connectivity index (χ0v) is 10.5. The van der Waals surface area contributed by atoms with Gasteiger partial charge in [0, 0.05) is 26.7 Å². The van der Waals surface area contributed by atoms with Crippen LogP contribution >= 0.6 is 0 Å². The normalized spacial score (nSPS) is 13.1. The predicted octanol–water partition coefficient (Wildman–Crippen LogP) is 1.73. The van der Waals surface area contributed by atoms with E-state index in [9.17, 15) is 0 Å². The van der Waals surface area contributed by atoms with Crippen LogP contribution in [-0.4, -0.2) is 37.0 Å². The molecule has 0 aliphatic rings. The van der Waals surface area contributed by atoms with Crippen molar-refractivity contribution in [3.8, 4) is 0 Å². The molecule has 0 fully saturated rings. The van der Waals surface area contributed by atoms with Crippen molar-refractivity contribution in [1.82, 2.24) is 0 Å². The molecule has 96 valence electrons. The molecule has 5 heteroatoms. The van der Waals surface area contributed by atoms with Crippen LogP contribution in [0.25, 0.3) is 0 Å². The van der Waals surface area contributed by atoms with Crippen molar-refractivity contribution in [2.45, 2.75) is 45.1 Å². The Balaban J connectivity index is 3.28. The molecule has 0 rings (SSSR count). The first kappa shape index (κ1) is 15.2. The Kier molecular flexibility index (Phi) is 7.93. The molecule has 0 atom stereocenters. The fourth-order valence-corrected chi connectivity index (χ4v) is 1.08. The minimum atomic E-state index is -0.117. The molecular weight excluding hydrogens is 208 g/mol. The summed E-state index contributed by atoms with van der Waals surface area (Å²) in [5.41, 5.74) is 5.21. The summed E-state index contributed by atoms with van der Waals surface area (Å²) in [6.45, 7) is 5.48. The van der Waals surface area contributed by atoms with E-state index in [1.807, 2.05) is 13.8 Å². The van der Waals surface area contributed by atoms with Gasteiger partial charge in [-0.2, -0.15) is 0 Å². The van der Waals surface area contributed by atoms with Crippen molar-refractivity contribution in [3.63, 3.8) is 0 Å². The van der Waals surface area contributed by atoms with Crippen LogP contribution in [0, 0.1) is 0 Å². The predicted molar refractivity (Wildman–Crippen MR) is 63.8 cm³/mol. The van der Waals surface area contributed by atoms with Gasteiger partial charge in [0.05, 0.1) is 5.60 Å². The maximum absolute atomic E-state index is 8.31. The molecular formula is C11H24N2O3. The quantitative estimate of drug-likeness (QED) is 0.209. The van der Waals surface area contributed by atoms with Crippen LogP contribution in [0.1, 0.15) is 39.5 Å². The smallest absolute Gasteiger partial charge is 0.139 e. The van der Waals surface area contributed by atoms with E-state index in [4.69, 9.17) is 20.4 Å². The van der Waals surface area contributed by atoms with Crippen molar-refractivity contribution in [3.05, 3.63) is 0 Å². The Morgan fingerprint density at radius 3 is 2.56 bits per heavy atom. The largest absolute Gasteiger partial charge is 0.409 e. The number of nitrogens with zero attached hydrogens (tertiary/aromatic N) is 1. The first-order valence-electron chi connectivity index (χ1n) is 5.61. The highest BCUT2D eigenvalue weighted by Gasteiger charge is 2.15. The average molecular weight is 232 g/mol. The maximum Gasteiger partial charge on any atom is 0.139 e. The lowest BCUT2D eigenvalue weighted by Crippen LogP contribution is -2.24. The van der Waals surface area contributed by atoms with Crippen LogP contribution in [0.5, 0.6) is 0 Å². The van der Waals surface area contributed by atoms with Crippen LogP contribution in [0.3, 0.4) is 0 Å².